The molecule has 8 heteroatoms. The number of benzene rings is 2. The van der Waals surface area contributed by atoms with Gasteiger partial charge in [-0.3, -0.25) is 10.1 Å². The molecule has 0 unspecified atom stereocenters. The van der Waals surface area contributed by atoms with Gasteiger partial charge < -0.3 is 9.15 Å². The zero-order valence-corrected chi connectivity index (χ0v) is 17.9. The molecular formula is C23H21ClN4O3. The van der Waals surface area contributed by atoms with Crippen molar-refractivity contribution in [2.75, 3.05) is 5.32 Å². The van der Waals surface area contributed by atoms with E-state index in [0.717, 1.165) is 11.1 Å². The molecule has 0 saturated carbocycles. The van der Waals surface area contributed by atoms with Crippen LogP contribution in [0.5, 0.6) is 5.75 Å². The molecule has 4 aromatic rings. The molecule has 7 nitrogen and oxygen atoms in total. The van der Waals surface area contributed by atoms with Crippen molar-refractivity contribution in [2.24, 2.45) is 0 Å². The zero-order valence-electron chi connectivity index (χ0n) is 17.1. The number of ether oxygens (including phenoxy) is 1. The van der Waals surface area contributed by atoms with Crippen molar-refractivity contribution in [1.82, 2.24) is 14.8 Å². The molecule has 2 aromatic heterocycles. The third-order valence-corrected chi connectivity index (χ3v) is 4.85. The highest BCUT2D eigenvalue weighted by Gasteiger charge is 2.14. The van der Waals surface area contributed by atoms with Crippen LogP contribution in [-0.2, 0) is 13.2 Å². The van der Waals surface area contributed by atoms with Gasteiger partial charge in [-0.05, 0) is 55.3 Å². The summed E-state index contributed by atoms with van der Waals surface area (Å²) in [6.45, 7) is 4.71. The molecule has 158 valence electrons. The summed E-state index contributed by atoms with van der Waals surface area (Å²) in [5.74, 6) is 1.17. The Morgan fingerprint density at radius 2 is 1.94 bits per heavy atom. The molecule has 0 saturated heterocycles. The van der Waals surface area contributed by atoms with Crippen molar-refractivity contribution in [3.05, 3.63) is 94.2 Å². The van der Waals surface area contributed by atoms with Crippen molar-refractivity contribution in [3.63, 3.8) is 0 Å². The number of anilines is 1. The normalized spacial score (nSPS) is 10.8. The number of carbonyl (C=O) groups excluding carboxylic acids is 1. The quantitative estimate of drug-likeness (QED) is 0.439. The standard InChI is InChI=1S/C23H21ClN4O3/c1-15-3-5-17(6-4-15)12-28-14-25-23(27-28)26-22(29)21-10-8-19(31-21)13-30-20-9-7-18(24)11-16(20)2/h3-11,14H,12-13H2,1-2H3,(H,26,27,29). The second-order valence-electron chi connectivity index (χ2n) is 7.17. The Morgan fingerprint density at radius 3 is 2.71 bits per heavy atom. The average Bonchev–Trinajstić information content (AvgIpc) is 3.39. The van der Waals surface area contributed by atoms with Gasteiger partial charge in [0.1, 0.15) is 24.4 Å². The highest BCUT2D eigenvalue weighted by molar-refractivity contribution is 6.30. The Balaban J connectivity index is 1.33. The van der Waals surface area contributed by atoms with E-state index in [-0.39, 0.29) is 18.3 Å². The molecule has 0 aliphatic rings. The van der Waals surface area contributed by atoms with E-state index in [1.54, 1.807) is 35.3 Å². The summed E-state index contributed by atoms with van der Waals surface area (Å²) in [4.78, 5) is 16.6. The summed E-state index contributed by atoms with van der Waals surface area (Å²) >= 11 is 5.96. The molecule has 4 rings (SSSR count). The Kier molecular flexibility index (Phi) is 6.04. The fourth-order valence-electron chi connectivity index (χ4n) is 2.97. The number of nitrogens with zero attached hydrogens (tertiary/aromatic N) is 3. The number of hydrogen-bond acceptors (Lipinski definition) is 5. The van der Waals surface area contributed by atoms with E-state index in [1.165, 1.54) is 5.56 Å². The van der Waals surface area contributed by atoms with Crippen LogP contribution >= 0.6 is 11.6 Å². The molecule has 1 amide bonds. The number of carbonyl (C=O) groups is 1. The molecular weight excluding hydrogens is 416 g/mol. The number of aromatic nitrogens is 3. The fourth-order valence-corrected chi connectivity index (χ4v) is 3.20. The topological polar surface area (TPSA) is 82.2 Å². The number of nitrogens with one attached hydrogen (secondary N) is 1. The molecule has 0 spiro atoms. The van der Waals surface area contributed by atoms with Crippen molar-refractivity contribution >= 4 is 23.5 Å². The molecule has 0 bridgehead atoms. The van der Waals surface area contributed by atoms with Gasteiger partial charge in [-0.15, -0.1) is 5.10 Å². The summed E-state index contributed by atoms with van der Waals surface area (Å²) in [7, 11) is 0. The lowest BCUT2D eigenvalue weighted by molar-refractivity contribution is 0.0991. The fraction of sp³-hybridized carbons (Fsp3) is 0.174. The first-order chi connectivity index (χ1) is 15.0. The molecule has 1 N–H and O–H groups in total. The first-order valence-electron chi connectivity index (χ1n) is 9.70. The van der Waals surface area contributed by atoms with Gasteiger partial charge in [0.15, 0.2) is 5.76 Å². The number of halogens is 1. The van der Waals surface area contributed by atoms with E-state index in [1.807, 2.05) is 44.2 Å². The van der Waals surface area contributed by atoms with Crippen LogP contribution in [0.3, 0.4) is 0 Å². The second-order valence-corrected chi connectivity index (χ2v) is 7.61. The minimum Gasteiger partial charge on any atom is -0.485 e. The lowest BCUT2D eigenvalue weighted by atomic mass is 10.1. The Morgan fingerprint density at radius 1 is 1.13 bits per heavy atom. The van der Waals surface area contributed by atoms with Crippen LogP contribution in [-0.4, -0.2) is 20.7 Å². The smallest absolute Gasteiger partial charge is 0.293 e. The van der Waals surface area contributed by atoms with Gasteiger partial charge in [-0.1, -0.05) is 41.4 Å². The minimum absolute atomic E-state index is 0.154. The molecule has 2 aromatic carbocycles. The lowest BCUT2D eigenvalue weighted by Crippen LogP contribution is -2.12. The highest BCUT2D eigenvalue weighted by atomic mass is 35.5. The number of aryl methyl sites for hydroxylation is 2. The van der Waals surface area contributed by atoms with Crippen molar-refractivity contribution in [1.29, 1.82) is 0 Å². The van der Waals surface area contributed by atoms with Crippen LogP contribution in [0.25, 0.3) is 0 Å². The Bertz CT molecular complexity index is 1200. The predicted octanol–water partition coefficient (Wildman–Crippen LogP) is 5.02. The van der Waals surface area contributed by atoms with E-state index in [2.05, 4.69) is 15.4 Å². The SMILES string of the molecule is Cc1ccc(Cn2cnc(NC(=O)c3ccc(COc4ccc(Cl)cc4C)o3)n2)cc1. The number of amides is 1. The molecule has 31 heavy (non-hydrogen) atoms. The van der Waals surface area contributed by atoms with Crippen LogP contribution in [0.4, 0.5) is 5.95 Å². The first-order valence-corrected chi connectivity index (χ1v) is 10.1. The van der Waals surface area contributed by atoms with Gasteiger partial charge in [0.25, 0.3) is 5.91 Å². The van der Waals surface area contributed by atoms with Crippen molar-refractivity contribution in [3.8, 4) is 5.75 Å². The maximum absolute atomic E-state index is 12.4. The molecule has 0 aliphatic carbocycles. The molecule has 0 aliphatic heterocycles. The number of hydrogen-bond donors (Lipinski definition) is 1. The van der Waals surface area contributed by atoms with Gasteiger partial charge in [0, 0.05) is 5.02 Å². The summed E-state index contributed by atoms with van der Waals surface area (Å²) in [5, 5.41) is 7.58. The molecule has 0 fully saturated rings. The Hall–Kier alpha value is -3.58. The monoisotopic (exact) mass is 436 g/mol. The van der Waals surface area contributed by atoms with Crippen molar-refractivity contribution < 1.29 is 13.9 Å². The maximum atomic E-state index is 12.4. The van der Waals surface area contributed by atoms with E-state index in [4.69, 9.17) is 20.8 Å². The third-order valence-electron chi connectivity index (χ3n) is 4.62. The van der Waals surface area contributed by atoms with Crippen LogP contribution in [0.2, 0.25) is 5.02 Å². The third kappa shape index (κ3) is 5.32. The van der Waals surface area contributed by atoms with Gasteiger partial charge in [0.05, 0.1) is 6.54 Å². The van der Waals surface area contributed by atoms with Crippen LogP contribution in [0.15, 0.2) is 65.3 Å². The van der Waals surface area contributed by atoms with E-state index in [0.29, 0.717) is 23.1 Å². The molecule has 0 radical (unpaired) electrons. The van der Waals surface area contributed by atoms with E-state index in [9.17, 15) is 4.79 Å². The zero-order chi connectivity index (χ0) is 21.8. The van der Waals surface area contributed by atoms with Crippen LogP contribution in [0, 0.1) is 13.8 Å². The second kappa shape index (κ2) is 9.06. The largest absolute Gasteiger partial charge is 0.485 e. The lowest BCUT2D eigenvalue weighted by Gasteiger charge is -2.07. The summed E-state index contributed by atoms with van der Waals surface area (Å²) in [6, 6.07) is 16.8. The maximum Gasteiger partial charge on any atom is 0.293 e. The molecule has 2 heterocycles. The van der Waals surface area contributed by atoms with Gasteiger partial charge in [-0.25, -0.2) is 9.67 Å². The van der Waals surface area contributed by atoms with E-state index >= 15 is 0 Å². The number of rotatable bonds is 7. The highest BCUT2D eigenvalue weighted by Crippen LogP contribution is 2.23. The summed E-state index contributed by atoms with van der Waals surface area (Å²) in [6.07, 6.45) is 1.57. The van der Waals surface area contributed by atoms with Crippen LogP contribution < -0.4 is 10.1 Å². The van der Waals surface area contributed by atoms with E-state index < -0.39 is 5.91 Å². The minimum atomic E-state index is -0.429. The van der Waals surface area contributed by atoms with Crippen LogP contribution in [0.1, 0.15) is 33.0 Å². The molecule has 0 atom stereocenters. The Labute approximate surface area is 184 Å². The summed E-state index contributed by atoms with van der Waals surface area (Å²) in [5.41, 5.74) is 3.21. The van der Waals surface area contributed by atoms with Gasteiger partial charge in [0.2, 0.25) is 5.95 Å². The van der Waals surface area contributed by atoms with Gasteiger partial charge in [-0.2, -0.15) is 0 Å². The first kappa shape index (κ1) is 20.7. The van der Waals surface area contributed by atoms with Crippen molar-refractivity contribution in [2.45, 2.75) is 27.0 Å². The van der Waals surface area contributed by atoms with Gasteiger partial charge >= 0.3 is 0 Å². The predicted molar refractivity (Wildman–Crippen MR) is 117 cm³/mol. The summed E-state index contributed by atoms with van der Waals surface area (Å²) < 4.78 is 13.0. The number of furan rings is 1. The average molecular weight is 437 g/mol.